The quantitative estimate of drug-likeness (QED) is 0.403. The second-order valence-corrected chi connectivity index (χ2v) is 3.07. The Morgan fingerprint density at radius 2 is 2.09 bits per heavy atom. The molecule has 11 heavy (non-hydrogen) atoms. The average Bonchev–Trinajstić information content (AvgIpc) is 1.98. The van der Waals surface area contributed by atoms with Gasteiger partial charge in [0.15, 0.2) is 0 Å². The molecule has 1 heteroatoms. The fraction of sp³-hybridized carbons (Fsp3) is 0.200. The molecule has 0 N–H and O–H groups in total. The molecule has 1 aromatic carbocycles. The highest BCUT2D eigenvalue weighted by molar-refractivity contribution is 7.27. The molecule has 0 saturated heterocycles. The van der Waals surface area contributed by atoms with Gasteiger partial charge in [0, 0.05) is 5.56 Å². The Labute approximate surface area is 70.2 Å². The Balaban J connectivity index is 3.12. The summed E-state index contributed by atoms with van der Waals surface area (Å²) in [5.74, 6) is 5.89. The van der Waals surface area contributed by atoms with Crippen molar-refractivity contribution in [2.75, 3.05) is 0 Å². The number of hydrogen-bond acceptors (Lipinski definition) is 0. The second kappa shape index (κ2) is 3.56. The van der Waals surface area contributed by atoms with Crippen LogP contribution in [0, 0.1) is 18.8 Å². The molecule has 1 rings (SSSR count). The lowest BCUT2D eigenvalue weighted by Gasteiger charge is -1.98. The van der Waals surface area contributed by atoms with Gasteiger partial charge in [-0.05, 0) is 36.8 Å². The molecule has 1 unspecified atom stereocenters. The molecule has 0 heterocycles. The zero-order valence-electron chi connectivity index (χ0n) is 6.81. The standard InChI is InChI=1S/C10H11P/c1-3-4-9-5-6-10(11)8(2)7-9/h5-7H,11H2,1-2H3. The van der Waals surface area contributed by atoms with Crippen molar-refractivity contribution in [3.8, 4) is 11.8 Å². The first-order valence-electron chi connectivity index (χ1n) is 3.53. The van der Waals surface area contributed by atoms with Crippen LogP contribution >= 0.6 is 9.24 Å². The van der Waals surface area contributed by atoms with Crippen molar-refractivity contribution in [2.45, 2.75) is 13.8 Å². The van der Waals surface area contributed by atoms with Gasteiger partial charge in [-0.3, -0.25) is 0 Å². The summed E-state index contributed by atoms with van der Waals surface area (Å²) in [6.45, 7) is 3.94. The summed E-state index contributed by atoms with van der Waals surface area (Å²) in [5.41, 5.74) is 2.37. The van der Waals surface area contributed by atoms with Crippen molar-refractivity contribution >= 4 is 14.5 Å². The number of hydrogen-bond donors (Lipinski definition) is 0. The summed E-state index contributed by atoms with van der Waals surface area (Å²) in [7, 11) is 2.70. The normalized spacial score (nSPS) is 8.64. The lowest BCUT2D eigenvalue weighted by Crippen LogP contribution is -1.95. The molecule has 56 valence electrons. The molecule has 0 spiro atoms. The fourth-order valence-corrected chi connectivity index (χ4v) is 1.08. The molecule has 1 atom stereocenters. The summed E-state index contributed by atoms with van der Waals surface area (Å²) in [5, 5.41) is 1.24. The molecule has 0 bridgehead atoms. The molecule has 0 saturated carbocycles. The van der Waals surface area contributed by atoms with E-state index in [2.05, 4.69) is 40.1 Å². The van der Waals surface area contributed by atoms with Gasteiger partial charge < -0.3 is 0 Å². The summed E-state index contributed by atoms with van der Waals surface area (Å²) in [6.07, 6.45) is 0. The van der Waals surface area contributed by atoms with Crippen molar-refractivity contribution in [3.63, 3.8) is 0 Å². The van der Waals surface area contributed by atoms with Crippen molar-refractivity contribution in [3.05, 3.63) is 29.3 Å². The smallest absolute Gasteiger partial charge is 0.0248 e. The first kappa shape index (κ1) is 8.31. The van der Waals surface area contributed by atoms with E-state index in [9.17, 15) is 0 Å². The van der Waals surface area contributed by atoms with Gasteiger partial charge in [0.25, 0.3) is 0 Å². The molecule has 0 aliphatic heterocycles. The molecule has 0 radical (unpaired) electrons. The molecule has 0 aliphatic carbocycles. The molecule has 0 nitrogen and oxygen atoms in total. The van der Waals surface area contributed by atoms with Gasteiger partial charge in [-0.2, -0.15) is 0 Å². The maximum absolute atomic E-state index is 3.02. The lowest BCUT2D eigenvalue weighted by atomic mass is 10.1. The van der Waals surface area contributed by atoms with E-state index in [-0.39, 0.29) is 0 Å². The van der Waals surface area contributed by atoms with Crippen LogP contribution in [0.5, 0.6) is 0 Å². The zero-order valence-corrected chi connectivity index (χ0v) is 7.96. The van der Waals surface area contributed by atoms with Gasteiger partial charge in [0.1, 0.15) is 0 Å². The van der Waals surface area contributed by atoms with E-state index in [1.165, 1.54) is 10.9 Å². The van der Waals surface area contributed by atoms with E-state index in [1.54, 1.807) is 0 Å². The van der Waals surface area contributed by atoms with Crippen molar-refractivity contribution in [2.24, 2.45) is 0 Å². The molecule has 1 aromatic rings. The Kier molecular flexibility index (Phi) is 2.69. The van der Waals surface area contributed by atoms with Crippen LogP contribution in [0.1, 0.15) is 18.1 Å². The summed E-state index contributed by atoms with van der Waals surface area (Å²) < 4.78 is 0. The van der Waals surface area contributed by atoms with Crippen molar-refractivity contribution in [1.82, 2.24) is 0 Å². The highest BCUT2D eigenvalue weighted by Crippen LogP contribution is 2.03. The Bertz CT molecular complexity index is 315. The largest absolute Gasteiger partial charge is 0.105 e. The predicted octanol–water partition coefficient (Wildman–Crippen LogP) is 1.87. The maximum atomic E-state index is 3.02. The third-order valence-electron chi connectivity index (χ3n) is 1.54. The van der Waals surface area contributed by atoms with Crippen LogP contribution in [-0.2, 0) is 0 Å². The number of rotatable bonds is 0. The first-order valence-corrected chi connectivity index (χ1v) is 4.10. The van der Waals surface area contributed by atoms with E-state index in [0.29, 0.717) is 0 Å². The molecule has 0 aromatic heterocycles. The summed E-state index contributed by atoms with van der Waals surface area (Å²) in [4.78, 5) is 0. The minimum absolute atomic E-state index is 1.09. The Morgan fingerprint density at radius 1 is 1.36 bits per heavy atom. The van der Waals surface area contributed by atoms with Gasteiger partial charge in [0.2, 0.25) is 0 Å². The van der Waals surface area contributed by atoms with E-state index < -0.39 is 0 Å². The van der Waals surface area contributed by atoms with Crippen LogP contribution in [0.15, 0.2) is 18.2 Å². The van der Waals surface area contributed by atoms with E-state index in [1.807, 2.05) is 13.0 Å². The van der Waals surface area contributed by atoms with Crippen LogP contribution in [0.2, 0.25) is 0 Å². The Morgan fingerprint density at radius 3 is 2.64 bits per heavy atom. The maximum Gasteiger partial charge on any atom is 0.0248 e. The number of aryl methyl sites for hydroxylation is 1. The second-order valence-electron chi connectivity index (χ2n) is 2.45. The third kappa shape index (κ3) is 2.07. The SMILES string of the molecule is CC#Cc1ccc(P)c(C)c1. The van der Waals surface area contributed by atoms with E-state index in [0.717, 1.165) is 5.56 Å². The van der Waals surface area contributed by atoms with E-state index >= 15 is 0 Å². The summed E-state index contributed by atoms with van der Waals surface area (Å²) in [6, 6.07) is 6.20. The van der Waals surface area contributed by atoms with Crippen LogP contribution in [0.3, 0.4) is 0 Å². The molecule has 0 fully saturated rings. The van der Waals surface area contributed by atoms with Gasteiger partial charge in [-0.25, -0.2) is 0 Å². The molecular weight excluding hydrogens is 151 g/mol. The topological polar surface area (TPSA) is 0 Å². The van der Waals surface area contributed by atoms with Gasteiger partial charge in [-0.1, -0.05) is 12.0 Å². The van der Waals surface area contributed by atoms with Crippen LogP contribution < -0.4 is 5.30 Å². The first-order chi connectivity index (χ1) is 5.24. The van der Waals surface area contributed by atoms with Gasteiger partial charge in [0.05, 0.1) is 0 Å². The van der Waals surface area contributed by atoms with Gasteiger partial charge >= 0.3 is 0 Å². The van der Waals surface area contributed by atoms with Crippen LogP contribution in [0.25, 0.3) is 0 Å². The fourth-order valence-electron chi connectivity index (χ4n) is 0.898. The average molecular weight is 162 g/mol. The Hall–Kier alpha value is -0.790. The lowest BCUT2D eigenvalue weighted by molar-refractivity contribution is 1.50. The van der Waals surface area contributed by atoms with E-state index in [4.69, 9.17) is 0 Å². The highest BCUT2D eigenvalue weighted by atomic mass is 31.0. The minimum Gasteiger partial charge on any atom is -0.105 e. The minimum atomic E-state index is 1.09. The summed E-state index contributed by atoms with van der Waals surface area (Å²) >= 11 is 0. The third-order valence-corrected chi connectivity index (χ3v) is 2.19. The van der Waals surface area contributed by atoms with Crippen molar-refractivity contribution in [1.29, 1.82) is 0 Å². The molecular formula is C10H11P. The van der Waals surface area contributed by atoms with Crippen LogP contribution in [-0.4, -0.2) is 0 Å². The molecule has 0 aliphatic rings. The highest BCUT2D eigenvalue weighted by Gasteiger charge is 1.91. The monoisotopic (exact) mass is 162 g/mol. The van der Waals surface area contributed by atoms with Crippen molar-refractivity contribution < 1.29 is 0 Å². The van der Waals surface area contributed by atoms with Gasteiger partial charge in [-0.15, -0.1) is 15.2 Å². The predicted molar refractivity (Wildman–Crippen MR) is 53.1 cm³/mol. The zero-order chi connectivity index (χ0) is 8.27. The van der Waals surface area contributed by atoms with Crippen LogP contribution in [0.4, 0.5) is 0 Å². The number of benzene rings is 1. The molecule has 0 amide bonds.